The van der Waals surface area contributed by atoms with Gasteiger partial charge in [-0.25, -0.2) is 12.1 Å². The molecule has 0 aromatic heterocycles. The van der Waals surface area contributed by atoms with Crippen LogP contribution in [0.3, 0.4) is 0 Å². The Morgan fingerprint density at radius 2 is 0.938 bits per heavy atom. The number of rotatable bonds is 2. The maximum Gasteiger partial charge on any atom is -1.00 e. The zero-order chi connectivity index (χ0) is 22.5. The molecule has 0 radical (unpaired) electrons. The Labute approximate surface area is 228 Å². The molecule has 0 saturated heterocycles. The predicted octanol–water partition coefficient (Wildman–Crippen LogP) is 0.451. The van der Waals surface area contributed by atoms with E-state index in [2.05, 4.69) is 76.6 Å². The van der Waals surface area contributed by atoms with Crippen LogP contribution in [0.25, 0.3) is 0 Å². The third-order valence-corrected chi connectivity index (χ3v) is 10.2. The zero-order valence-corrected chi connectivity index (χ0v) is 28.7. The summed E-state index contributed by atoms with van der Waals surface area (Å²) in [4.78, 5) is 0. The summed E-state index contributed by atoms with van der Waals surface area (Å²) < 4.78 is 0. The Balaban J connectivity index is 0.000000490. The summed E-state index contributed by atoms with van der Waals surface area (Å²) in [6.07, 6.45) is 11.0. The van der Waals surface area contributed by atoms with Crippen molar-refractivity contribution in [2.45, 2.75) is 104 Å². The Kier molecular flexibility index (Phi) is 14.8. The molecule has 2 aliphatic rings. The minimum Gasteiger partial charge on any atom is -1.00 e. The zero-order valence-electron chi connectivity index (χ0n) is 21.7. The first-order valence-electron chi connectivity index (χ1n) is 12.0. The second-order valence-electron chi connectivity index (χ2n) is 11.5. The summed E-state index contributed by atoms with van der Waals surface area (Å²) in [5, 5.41) is 3.33. The van der Waals surface area contributed by atoms with Crippen molar-refractivity contribution in [3.8, 4) is 0 Å². The molecular formula is C26H44Cl2Si3Zr-2. The van der Waals surface area contributed by atoms with Crippen molar-refractivity contribution < 1.29 is 48.1 Å². The minimum absolute atomic E-state index is 0. The van der Waals surface area contributed by atoms with Crippen molar-refractivity contribution >= 4 is 32.0 Å². The summed E-state index contributed by atoms with van der Waals surface area (Å²) >= 11 is 1.74. The van der Waals surface area contributed by atoms with Crippen LogP contribution in [0.5, 0.6) is 0 Å². The molecule has 4 rings (SSSR count). The quantitative estimate of drug-likeness (QED) is 0.346. The maximum absolute atomic E-state index is 2.49. The van der Waals surface area contributed by atoms with Gasteiger partial charge in [-0.2, -0.15) is 44.8 Å². The number of aryl methyl sites for hydroxylation is 4. The monoisotopic (exact) mass is 600 g/mol. The summed E-state index contributed by atoms with van der Waals surface area (Å²) in [7, 11) is -2.10. The topological polar surface area (TPSA) is 0 Å². The Hall–Kier alpha value is 0.814. The molecule has 0 atom stereocenters. The number of halogens is 2. The molecule has 6 heteroatoms. The second-order valence-corrected chi connectivity index (χ2v) is 31.0. The number of hydrogen-bond acceptors (Lipinski definition) is 0. The van der Waals surface area contributed by atoms with Crippen LogP contribution in [0.4, 0.5) is 0 Å². The van der Waals surface area contributed by atoms with Gasteiger partial charge in [0.25, 0.3) is 0 Å². The van der Waals surface area contributed by atoms with E-state index >= 15 is 0 Å². The van der Waals surface area contributed by atoms with E-state index in [0.29, 0.717) is 0 Å². The molecule has 0 amide bonds. The van der Waals surface area contributed by atoms with Crippen LogP contribution in [0.15, 0.2) is 24.3 Å². The molecule has 0 aliphatic heterocycles. The molecule has 32 heavy (non-hydrogen) atoms. The van der Waals surface area contributed by atoms with Crippen LogP contribution in [0, 0.1) is 0 Å². The standard InChI is InChI=1S/2C12H19Si.C2H6Si.2ClH.Zr/c2*1-13(2,3)12-8-10-6-4-5-7-11(10)9-12;1-3-2;;;/h2*8-9H,4-7H2,1-3H3;1-2H3;2*1H;/q2*-1;;;;+2/p-2. The molecule has 2 aromatic rings. The van der Waals surface area contributed by atoms with Gasteiger partial charge in [-0.1, -0.05) is 90.6 Å². The van der Waals surface area contributed by atoms with Crippen molar-refractivity contribution in [3.63, 3.8) is 0 Å². The average Bonchev–Trinajstić information content (AvgIpc) is 3.25. The Morgan fingerprint density at radius 3 is 1.19 bits per heavy atom. The van der Waals surface area contributed by atoms with Crippen molar-refractivity contribution in [1.29, 1.82) is 0 Å². The first-order chi connectivity index (χ1) is 13.9. The Morgan fingerprint density at radius 1 is 0.656 bits per heavy atom. The van der Waals surface area contributed by atoms with Gasteiger partial charge in [0.2, 0.25) is 0 Å². The van der Waals surface area contributed by atoms with Crippen molar-refractivity contribution in [2.75, 3.05) is 0 Å². The summed E-state index contributed by atoms with van der Waals surface area (Å²) in [5.41, 5.74) is 6.84. The maximum atomic E-state index is 2.49. The molecule has 0 N–H and O–H groups in total. The van der Waals surface area contributed by atoms with E-state index in [9.17, 15) is 0 Å². The summed E-state index contributed by atoms with van der Waals surface area (Å²) in [6.45, 7) is 19.2. The van der Waals surface area contributed by atoms with E-state index < -0.39 is 16.1 Å². The molecule has 0 heterocycles. The molecule has 0 fully saturated rings. The molecule has 0 bridgehead atoms. The fraction of sp³-hybridized carbons (Fsp3) is 0.615. The third kappa shape index (κ3) is 10.6. The normalized spacial score (nSPS) is 14.8. The first kappa shape index (κ1) is 32.8. The van der Waals surface area contributed by atoms with Crippen LogP contribution in [0.2, 0.25) is 52.4 Å². The largest absolute Gasteiger partial charge is 1.00 e. The number of hydrogen-bond donors (Lipinski definition) is 0. The smallest absolute Gasteiger partial charge is 1.00 e. The molecule has 0 spiro atoms. The van der Waals surface area contributed by atoms with Crippen LogP contribution in [-0.4, -0.2) is 21.6 Å². The van der Waals surface area contributed by atoms with E-state index in [1.165, 1.54) is 51.4 Å². The predicted molar refractivity (Wildman–Crippen MR) is 141 cm³/mol. The van der Waals surface area contributed by atoms with Crippen molar-refractivity contribution in [1.82, 2.24) is 0 Å². The molecule has 0 unspecified atom stereocenters. The fourth-order valence-electron chi connectivity index (χ4n) is 4.26. The van der Waals surface area contributed by atoms with Crippen LogP contribution in [-0.2, 0) is 49.0 Å². The van der Waals surface area contributed by atoms with Gasteiger partial charge in [0.1, 0.15) is 0 Å². The van der Waals surface area contributed by atoms with Crippen LogP contribution in [0.1, 0.15) is 47.9 Å². The third-order valence-electron chi connectivity index (χ3n) is 6.16. The van der Waals surface area contributed by atoms with E-state index in [1.807, 2.05) is 0 Å². The fourth-order valence-corrected chi connectivity index (χ4v) is 6.69. The van der Waals surface area contributed by atoms with Gasteiger partial charge in [-0.3, -0.25) is 0 Å². The molecule has 180 valence electrons. The molecular weight excluding hydrogens is 559 g/mol. The van der Waals surface area contributed by atoms with E-state index in [-0.39, 0.29) is 30.2 Å². The molecule has 2 aliphatic carbocycles. The van der Waals surface area contributed by atoms with Crippen LogP contribution >= 0.6 is 0 Å². The van der Waals surface area contributed by atoms with Gasteiger partial charge >= 0.3 is 41.9 Å². The van der Waals surface area contributed by atoms with Gasteiger partial charge in [-0.05, 0) is 0 Å². The van der Waals surface area contributed by atoms with Gasteiger partial charge < -0.3 is 24.8 Å². The van der Waals surface area contributed by atoms with Crippen molar-refractivity contribution in [3.05, 3.63) is 46.5 Å². The van der Waals surface area contributed by atoms with Gasteiger partial charge in [0.15, 0.2) is 0 Å². The first-order valence-corrected chi connectivity index (χ1v) is 25.2. The summed E-state index contributed by atoms with van der Waals surface area (Å²) in [6, 6.07) is 9.95. The SMILES string of the molecule is C[Si](C)(C)c1cc2c([cH-]1)CCCC2.C[Si](C)(C)c1cc2c([cH-]1)CCCC2.C[Si](C)=[Zr+2].[Cl-].[Cl-]. The van der Waals surface area contributed by atoms with Gasteiger partial charge in [0.05, 0.1) is 16.1 Å². The van der Waals surface area contributed by atoms with Crippen molar-refractivity contribution in [2.24, 2.45) is 0 Å². The van der Waals surface area contributed by atoms with E-state index in [1.54, 1.807) is 56.0 Å². The van der Waals surface area contributed by atoms with Crippen LogP contribution < -0.4 is 35.2 Å². The number of fused-ring (bicyclic) bond motifs is 2. The Bertz CT molecular complexity index is 723. The van der Waals surface area contributed by atoms with Gasteiger partial charge in [0, 0.05) is 0 Å². The van der Waals surface area contributed by atoms with E-state index in [4.69, 9.17) is 0 Å². The average molecular weight is 603 g/mol. The van der Waals surface area contributed by atoms with E-state index in [0.717, 1.165) is 0 Å². The molecule has 0 nitrogen and oxygen atoms in total. The minimum atomic E-state index is -1.05. The second kappa shape index (κ2) is 14.4. The summed E-state index contributed by atoms with van der Waals surface area (Å²) in [5.74, 6) is 0. The van der Waals surface area contributed by atoms with Gasteiger partial charge in [-0.15, -0.1) is 0 Å². The molecule has 2 aromatic carbocycles. The molecule has 0 saturated carbocycles.